The minimum absolute atomic E-state index is 0.0211. The van der Waals surface area contributed by atoms with E-state index in [0.717, 1.165) is 12.2 Å². The lowest BCUT2D eigenvalue weighted by molar-refractivity contribution is -0.132. The van der Waals surface area contributed by atoms with Crippen molar-refractivity contribution in [1.29, 1.82) is 0 Å². The van der Waals surface area contributed by atoms with Crippen LogP contribution in [0.5, 0.6) is 11.5 Å². The van der Waals surface area contributed by atoms with E-state index in [1.54, 1.807) is 29.4 Å². The number of ether oxygens (including phenoxy) is 2. The molecule has 1 aliphatic heterocycles. The van der Waals surface area contributed by atoms with Gasteiger partial charge in [-0.05, 0) is 36.4 Å². The molecule has 1 aliphatic rings. The summed E-state index contributed by atoms with van der Waals surface area (Å²) in [6.07, 6.45) is 4.10. The van der Waals surface area contributed by atoms with Gasteiger partial charge in [0.2, 0.25) is 0 Å². The van der Waals surface area contributed by atoms with Crippen molar-refractivity contribution in [2.24, 2.45) is 0 Å². The highest BCUT2D eigenvalue weighted by Gasteiger charge is 2.27. The minimum atomic E-state index is -0.334. The van der Waals surface area contributed by atoms with E-state index in [9.17, 15) is 9.18 Å². The quantitative estimate of drug-likeness (QED) is 0.849. The molecule has 0 N–H and O–H groups in total. The number of rotatable bonds is 5. The van der Waals surface area contributed by atoms with Crippen LogP contribution in [0.1, 0.15) is 6.42 Å². The summed E-state index contributed by atoms with van der Waals surface area (Å²) in [6, 6.07) is 9.19. The minimum Gasteiger partial charge on any atom is -0.488 e. The van der Waals surface area contributed by atoms with E-state index >= 15 is 0 Å². The van der Waals surface area contributed by atoms with Crippen molar-refractivity contribution in [2.45, 2.75) is 12.5 Å². The topological polar surface area (TPSA) is 51.7 Å². The van der Waals surface area contributed by atoms with Crippen molar-refractivity contribution in [1.82, 2.24) is 9.88 Å². The summed E-state index contributed by atoms with van der Waals surface area (Å²) in [5, 5.41) is 0. The van der Waals surface area contributed by atoms with Gasteiger partial charge in [0.05, 0.1) is 6.54 Å². The van der Waals surface area contributed by atoms with Crippen LogP contribution >= 0.6 is 0 Å². The molecular formula is C17H17FN2O3. The molecule has 0 bridgehead atoms. The first-order chi connectivity index (χ1) is 11.2. The van der Waals surface area contributed by atoms with Crippen LogP contribution in [-0.2, 0) is 4.79 Å². The lowest BCUT2D eigenvalue weighted by atomic mass is 10.3. The molecule has 1 fully saturated rings. The predicted octanol–water partition coefficient (Wildman–Crippen LogP) is 2.28. The van der Waals surface area contributed by atoms with Crippen molar-refractivity contribution in [3.63, 3.8) is 0 Å². The number of likely N-dealkylation sites (tertiary alicyclic amines) is 1. The molecule has 0 spiro atoms. The second-order valence-electron chi connectivity index (χ2n) is 5.29. The Morgan fingerprint density at radius 3 is 2.65 bits per heavy atom. The van der Waals surface area contributed by atoms with E-state index in [1.165, 1.54) is 24.3 Å². The van der Waals surface area contributed by atoms with E-state index in [1.807, 2.05) is 0 Å². The lowest BCUT2D eigenvalue weighted by Gasteiger charge is -2.17. The second-order valence-corrected chi connectivity index (χ2v) is 5.29. The van der Waals surface area contributed by atoms with Crippen LogP contribution < -0.4 is 9.47 Å². The van der Waals surface area contributed by atoms with E-state index < -0.39 is 0 Å². The Kier molecular flexibility index (Phi) is 4.71. The number of benzene rings is 1. The smallest absolute Gasteiger partial charge is 0.260 e. The van der Waals surface area contributed by atoms with Crippen molar-refractivity contribution in [3.8, 4) is 11.5 Å². The summed E-state index contributed by atoms with van der Waals surface area (Å²) < 4.78 is 24.0. The molecule has 5 nitrogen and oxygen atoms in total. The van der Waals surface area contributed by atoms with Gasteiger partial charge >= 0.3 is 0 Å². The van der Waals surface area contributed by atoms with Gasteiger partial charge in [0.15, 0.2) is 6.61 Å². The highest BCUT2D eigenvalue weighted by Crippen LogP contribution is 2.18. The van der Waals surface area contributed by atoms with Gasteiger partial charge in [0, 0.05) is 25.4 Å². The Labute approximate surface area is 133 Å². The van der Waals surface area contributed by atoms with Crippen LogP contribution in [0, 0.1) is 5.82 Å². The van der Waals surface area contributed by atoms with Crippen molar-refractivity contribution in [2.75, 3.05) is 19.7 Å². The number of aromatic nitrogens is 1. The zero-order chi connectivity index (χ0) is 16.1. The number of hydrogen-bond donors (Lipinski definition) is 0. The number of hydrogen-bond acceptors (Lipinski definition) is 4. The number of carbonyl (C=O) groups excluding carboxylic acids is 1. The molecule has 3 rings (SSSR count). The van der Waals surface area contributed by atoms with Crippen molar-refractivity contribution >= 4 is 5.91 Å². The summed E-state index contributed by atoms with van der Waals surface area (Å²) in [4.78, 5) is 17.8. The maximum absolute atomic E-state index is 12.8. The third kappa shape index (κ3) is 4.18. The lowest BCUT2D eigenvalue weighted by Crippen LogP contribution is -2.34. The van der Waals surface area contributed by atoms with Crippen LogP contribution in [0.15, 0.2) is 48.8 Å². The Hall–Kier alpha value is -2.63. The molecule has 0 radical (unpaired) electrons. The number of halogens is 1. The molecule has 0 aliphatic carbocycles. The standard InChI is InChI=1S/C17H17FN2O3/c18-13-1-3-14(4-2-13)22-12-17(21)20-10-7-16(11-20)23-15-5-8-19-9-6-15/h1-6,8-9,16H,7,10-12H2. The molecule has 2 heterocycles. The zero-order valence-corrected chi connectivity index (χ0v) is 12.5. The fraction of sp³-hybridized carbons (Fsp3) is 0.294. The molecule has 2 aromatic rings. The highest BCUT2D eigenvalue weighted by molar-refractivity contribution is 5.78. The van der Waals surface area contributed by atoms with Crippen LogP contribution in [0.3, 0.4) is 0 Å². The average Bonchev–Trinajstić information content (AvgIpc) is 3.03. The van der Waals surface area contributed by atoms with Crippen LogP contribution in [0.2, 0.25) is 0 Å². The highest BCUT2D eigenvalue weighted by atomic mass is 19.1. The first kappa shape index (κ1) is 15.3. The molecular weight excluding hydrogens is 299 g/mol. The van der Waals surface area contributed by atoms with E-state index in [-0.39, 0.29) is 24.4 Å². The number of amides is 1. The predicted molar refractivity (Wildman–Crippen MR) is 81.7 cm³/mol. The first-order valence-corrected chi connectivity index (χ1v) is 7.43. The van der Waals surface area contributed by atoms with Gasteiger partial charge in [0.1, 0.15) is 23.4 Å². The van der Waals surface area contributed by atoms with Gasteiger partial charge in [-0.25, -0.2) is 4.39 Å². The monoisotopic (exact) mass is 316 g/mol. The summed E-state index contributed by atoms with van der Waals surface area (Å²) in [6.45, 7) is 1.11. The maximum Gasteiger partial charge on any atom is 0.260 e. The number of carbonyl (C=O) groups is 1. The normalized spacial score (nSPS) is 17.1. The van der Waals surface area contributed by atoms with E-state index in [4.69, 9.17) is 9.47 Å². The Morgan fingerprint density at radius 2 is 1.91 bits per heavy atom. The fourth-order valence-corrected chi connectivity index (χ4v) is 2.43. The van der Waals surface area contributed by atoms with Gasteiger partial charge < -0.3 is 14.4 Å². The summed E-state index contributed by atoms with van der Waals surface area (Å²) >= 11 is 0. The molecule has 6 heteroatoms. The Morgan fingerprint density at radius 1 is 1.17 bits per heavy atom. The largest absolute Gasteiger partial charge is 0.488 e. The summed E-state index contributed by atoms with van der Waals surface area (Å²) in [5.41, 5.74) is 0. The summed E-state index contributed by atoms with van der Waals surface area (Å²) in [7, 11) is 0. The SMILES string of the molecule is O=C(COc1ccc(F)cc1)N1CCC(Oc2ccncc2)C1. The maximum atomic E-state index is 12.8. The molecule has 1 aromatic carbocycles. The molecule has 0 saturated carbocycles. The van der Waals surface area contributed by atoms with Gasteiger partial charge in [-0.15, -0.1) is 0 Å². The molecule has 1 unspecified atom stereocenters. The third-order valence-electron chi connectivity index (χ3n) is 3.63. The molecule has 120 valence electrons. The average molecular weight is 316 g/mol. The summed E-state index contributed by atoms with van der Waals surface area (Å²) in [5.74, 6) is 0.792. The fourth-order valence-electron chi connectivity index (χ4n) is 2.43. The van der Waals surface area contributed by atoms with E-state index in [2.05, 4.69) is 4.98 Å². The van der Waals surface area contributed by atoms with Crippen molar-refractivity contribution < 1.29 is 18.7 Å². The van der Waals surface area contributed by atoms with Crippen LogP contribution in [0.4, 0.5) is 4.39 Å². The molecule has 1 amide bonds. The Bertz CT molecular complexity index is 649. The first-order valence-electron chi connectivity index (χ1n) is 7.43. The van der Waals surface area contributed by atoms with Gasteiger partial charge in [0.25, 0.3) is 5.91 Å². The molecule has 1 saturated heterocycles. The van der Waals surface area contributed by atoms with Crippen LogP contribution in [-0.4, -0.2) is 41.6 Å². The molecule has 1 atom stereocenters. The van der Waals surface area contributed by atoms with E-state index in [0.29, 0.717) is 18.8 Å². The Balaban J connectivity index is 1.46. The third-order valence-corrected chi connectivity index (χ3v) is 3.63. The number of nitrogens with zero attached hydrogens (tertiary/aromatic N) is 2. The second kappa shape index (κ2) is 7.09. The van der Waals surface area contributed by atoms with Gasteiger partial charge in [-0.3, -0.25) is 9.78 Å². The van der Waals surface area contributed by atoms with Crippen LogP contribution in [0.25, 0.3) is 0 Å². The van der Waals surface area contributed by atoms with Gasteiger partial charge in [-0.2, -0.15) is 0 Å². The van der Waals surface area contributed by atoms with Crippen molar-refractivity contribution in [3.05, 3.63) is 54.6 Å². The zero-order valence-electron chi connectivity index (χ0n) is 12.5. The number of pyridine rings is 1. The molecule has 1 aromatic heterocycles. The molecule has 23 heavy (non-hydrogen) atoms. The van der Waals surface area contributed by atoms with Gasteiger partial charge in [-0.1, -0.05) is 0 Å².